The van der Waals surface area contributed by atoms with E-state index in [1.54, 1.807) is 19.4 Å². The summed E-state index contributed by atoms with van der Waals surface area (Å²) >= 11 is 0. The molecule has 0 aliphatic carbocycles. The van der Waals surface area contributed by atoms with Gasteiger partial charge in [-0.05, 0) is 12.1 Å². The van der Waals surface area contributed by atoms with Gasteiger partial charge in [0.2, 0.25) is 0 Å². The first kappa shape index (κ1) is 23.7. The Morgan fingerprint density at radius 2 is 2.03 bits per heavy atom. The van der Waals surface area contributed by atoms with Gasteiger partial charge in [0.1, 0.15) is 18.3 Å². The van der Waals surface area contributed by atoms with E-state index in [1.165, 1.54) is 24.8 Å². The van der Waals surface area contributed by atoms with Crippen LogP contribution in [-0.2, 0) is 9.53 Å². The molecule has 0 radical (unpaired) electrons. The fraction of sp³-hybridized carbons (Fsp3) is 0.474. The SMILES string of the molecule is COCC[Si](C)(C)C.O=CC[C@@H](n1cc(-c2ncnc3[nH]ccc23)cn1)C(F)(F)F. The number of rotatable bonds is 7. The van der Waals surface area contributed by atoms with Gasteiger partial charge in [0, 0.05) is 51.6 Å². The Hall–Kier alpha value is -2.53. The number of H-pyrrole nitrogens is 1. The highest BCUT2D eigenvalue weighted by Crippen LogP contribution is 2.33. The maximum absolute atomic E-state index is 13.0. The number of aromatic amines is 1. The summed E-state index contributed by atoms with van der Waals surface area (Å²) in [6.45, 7) is 8.00. The maximum Gasteiger partial charge on any atom is 0.411 e. The number of aldehydes is 1. The van der Waals surface area contributed by atoms with Crippen LogP contribution >= 0.6 is 0 Å². The molecule has 0 aliphatic rings. The molecule has 30 heavy (non-hydrogen) atoms. The predicted octanol–water partition coefficient (Wildman–Crippen LogP) is 4.48. The van der Waals surface area contributed by atoms with E-state index in [0.717, 1.165) is 11.3 Å². The summed E-state index contributed by atoms with van der Waals surface area (Å²) in [5, 5.41) is 4.42. The van der Waals surface area contributed by atoms with Gasteiger partial charge < -0.3 is 14.5 Å². The molecule has 0 bridgehead atoms. The first-order chi connectivity index (χ1) is 14.1. The molecule has 1 N–H and O–H groups in total. The van der Waals surface area contributed by atoms with Crippen molar-refractivity contribution in [3.63, 3.8) is 0 Å². The van der Waals surface area contributed by atoms with Crippen molar-refractivity contribution in [2.45, 2.75) is 44.3 Å². The third-order valence-electron chi connectivity index (χ3n) is 4.30. The van der Waals surface area contributed by atoms with Gasteiger partial charge in [-0.2, -0.15) is 18.3 Å². The first-order valence-electron chi connectivity index (χ1n) is 9.38. The summed E-state index contributed by atoms with van der Waals surface area (Å²) in [6.07, 6.45) is 0.493. The molecular formula is C19H26F3N5O2Si. The Morgan fingerprint density at radius 1 is 1.30 bits per heavy atom. The minimum atomic E-state index is -4.56. The van der Waals surface area contributed by atoms with E-state index >= 15 is 0 Å². The number of fused-ring (bicyclic) bond motifs is 1. The fourth-order valence-corrected chi connectivity index (χ4v) is 3.44. The number of nitrogens with one attached hydrogen (secondary N) is 1. The van der Waals surface area contributed by atoms with Crippen molar-refractivity contribution in [3.05, 3.63) is 31.0 Å². The molecule has 0 saturated carbocycles. The van der Waals surface area contributed by atoms with Gasteiger partial charge in [-0.3, -0.25) is 4.68 Å². The number of ether oxygens (including phenoxy) is 1. The molecule has 0 saturated heterocycles. The number of alkyl halides is 3. The van der Waals surface area contributed by atoms with Crippen molar-refractivity contribution in [2.75, 3.05) is 13.7 Å². The second-order valence-electron chi connectivity index (χ2n) is 7.93. The number of aromatic nitrogens is 5. The van der Waals surface area contributed by atoms with E-state index in [9.17, 15) is 18.0 Å². The highest BCUT2D eigenvalue weighted by molar-refractivity contribution is 6.76. The van der Waals surface area contributed by atoms with E-state index in [-0.39, 0.29) is 6.29 Å². The van der Waals surface area contributed by atoms with Crippen LogP contribution in [0.15, 0.2) is 31.0 Å². The molecule has 164 valence electrons. The van der Waals surface area contributed by atoms with Crippen molar-refractivity contribution < 1.29 is 22.7 Å². The summed E-state index contributed by atoms with van der Waals surface area (Å²) in [5.74, 6) is 0. The fourth-order valence-electron chi connectivity index (χ4n) is 2.62. The molecule has 3 aromatic rings. The normalized spacial score (nSPS) is 13.0. The lowest BCUT2D eigenvalue weighted by molar-refractivity contribution is -0.172. The van der Waals surface area contributed by atoms with Crippen LogP contribution in [0.2, 0.25) is 25.7 Å². The van der Waals surface area contributed by atoms with Crippen LogP contribution in [0.1, 0.15) is 12.5 Å². The first-order valence-corrected chi connectivity index (χ1v) is 13.1. The number of methoxy groups -OCH3 is 1. The van der Waals surface area contributed by atoms with Crippen LogP contribution in [0.5, 0.6) is 0 Å². The molecule has 0 amide bonds. The molecule has 11 heteroatoms. The summed E-state index contributed by atoms with van der Waals surface area (Å²) in [7, 11) is 0.961. The molecule has 0 fully saturated rings. The van der Waals surface area contributed by atoms with E-state index < -0.39 is 26.7 Å². The van der Waals surface area contributed by atoms with Gasteiger partial charge in [0.15, 0.2) is 6.04 Å². The topological polar surface area (TPSA) is 85.7 Å². The van der Waals surface area contributed by atoms with Gasteiger partial charge in [-0.15, -0.1) is 0 Å². The average Bonchev–Trinajstić information content (AvgIpc) is 3.32. The van der Waals surface area contributed by atoms with Crippen LogP contribution in [0.25, 0.3) is 22.3 Å². The van der Waals surface area contributed by atoms with Crippen molar-refractivity contribution in [2.24, 2.45) is 0 Å². The minimum absolute atomic E-state index is 0.231. The molecule has 0 spiro atoms. The zero-order valence-corrected chi connectivity index (χ0v) is 18.4. The lowest BCUT2D eigenvalue weighted by atomic mass is 10.2. The monoisotopic (exact) mass is 441 g/mol. The van der Waals surface area contributed by atoms with Crippen LogP contribution in [0, 0.1) is 0 Å². The standard InChI is InChI=1S/C13H10F3N5O.C6H16OSi/c14-13(15,16)10(2-4-22)21-6-8(5-20-21)11-9-1-3-17-12(9)19-7-18-11;1-7-5-6-8(2,3)4/h1,3-7,10H,2H2,(H,17,18,19);5-6H2,1-4H3/t10-;/m1./s1. The van der Waals surface area contributed by atoms with Crippen molar-refractivity contribution >= 4 is 25.4 Å². The number of carbonyl (C=O) groups is 1. The molecule has 7 nitrogen and oxygen atoms in total. The maximum atomic E-state index is 13.0. The second kappa shape index (κ2) is 9.98. The molecule has 1 atom stereocenters. The molecule has 0 aromatic carbocycles. The lowest BCUT2D eigenvalue weighted by Gasteiger charge is -2.18. The predicted molar refractivity (Wildman–Crippen MR) is 111 cm³/mol. The van der Waals surface area contributed by atoms with Gasteiger partial charge in [-0.25, -0.2) is 9.97 Å². The smallest absolute Gasteiger partial charge is 0.385 e. The Kier molecular flexibility index (Phi) is 7.90. The van der Waals surface area contributed by atoms with Gasteiger partial charge in [0.05, 0.1) is 11.9 Å². The third-order valence-corrected chi connectivity index (χ3v) is 6.01. The van der Waals surface area contributed by atoms with Crippen LogP contribution in [0.4, 0.5) is 13.2 Å². The average molecular weight is 442 g/mol. The van der Waals surface area contributed by atoms with Gasteiger partial charge >= 0.3 is 6.18 Å². The van der Waals surface area contributed by atoms with Crippen molar-refractivity contribution in [3.8, 4) is 11.3 Å². The number of nitrogens with zero attached hydrogens (tertiary/aromatic N) is 4. The number of hydrogen-bond acceptors (Lipinski definition) is 5. The van der Waals surface area contributed by atoms with Gasteiger partial charge in [-0.1, -0.05) is 19.6 Å². The molecule has 3 aromatic heterocycles. The Labute approximate surface area is 173 Å². The van der Waals surface area contributed by atoms with E-state index in [1.807, 2.05) is 0 Å². The van der Waals surface area contributed by atoms with E-state index in [4.69, 9.17) is 4.74 Å². The second-order valence-corrected chi connectivity index (χ2v) is 13.6. The molecule has 0 aliphatic heterocycles. The largest absolute Gasteiger partial charge is 0.411 e. The number of carbonyl (C=O) groups excluding carboxylic acids is 1. The highest BCUT2D eigenvalue weighted by Gasteiger charge is 2.41. The Balaban J connectivity index is 0.000000343. The molecule has 3 rings (SSSR count). The van der Waals surface area contributed by atoms with Crippen LogP contribution < -0.4 is 0 Å². The summed E-state index contributed by atoms with van der Waals surface area (Å²) in [5.41, 5.74) is 1.48. The minimum Gasteiger partial charge on any atom is -0.385 e. The highest BCUT2D eigenvalue weighted by atomic mass is 28.3. The molecule has 3 heterocycles. The quantitative estimate of drug-likeness (QED) is 0.431. The molecular weight excluding hydrogens is 415 g/mol. The Morgan fingerprint density at radius 3 is 2.60 bits per heavy atom. The zero-order chi connectivity index (χ0) is 22.4. The van der Waals surface area contributed by atoms with E-state index in [0.29, 0.717) is 22.3 Å². The number of hydrogen-bond donors (Lipinski definition) is 1. The van der Waals surface area contributed by atoms with Crippen LogP contribution in [0.3, 0.4) is 0 Å². The molecule has 0 unspecified atom stereocenters. The zero-order valence-electron chi connectivity index (χ0n) is 17.4. The van der Waals surface area contributed by atoms with Crippen molar-refractivity contribution in [1.82, 2.24) is 24.7 Å². The summed E-state index contributed by atoms with van der Waals surface area (Å²) in [6, 6.07) is 1.03. The number of halogens is 3. The van der Waals surface area contributed by atoms with E-state index in [2.05, 4.69) is 39.7 Å². The Bertz CT molecular complexity index is 949. The summed E-state index contributed by atoms with van der Waals surface area (Å²) in [4.78, 5) is 21.5. The van der Waals surface area contributed by atoms with Gasteiger partial charge in [0.25, 0.3) is 0 Å². The lowest BCUT2D eigenvalue weighted by Crippen LogP contribution is -2.27. The van der Waals surface area contributed by atoms with Crippen LogP contribution in [-0.4, -0.2) is 59.0 Å². The third kappa shape index (κ3) is 6.49. The summed E-state index contributed by atoms with van der Waals surface area (Å²) < 4.78 is 44.6. The van der Waals surface area contributed by atoms with Crippen molar-refractivity contribution in [1.29, 1.82) is 0 Å².